The molecule has 0 fully saturated rings. The molecule has 32 heavy (non-hydrogen) atoms. The second kappa shape index (κ2) is 12.3. The summed E-state index contributed by atoms with van der Waals surface area (Å²) in [5.74, 6) is -0.338. The number of nitrogens with one attached hydrogen (secondary N) is 2. The zero-order valence-corrected chi connectivity index (χ0v) is 19.4. The number of benzene rings is 3. The van der Waals surface area contributed by atoms with Crippen molar-refractivity contribution in [2.45, 2.75) is 46.8 Å². The monoisotopic (exact) mass is 432 g/mol. The number of carbonyl (C=O) groups is 2. The molecule has 0 aliphatic carbocycles. The summed E-state index contributed by atoms with van der Waals surface area (Å²) in [6.07, 6.45) is -0.918. The van der Waals surface area contributed by atoms with Crippen molar-refractivity contribution in [3.63, 3.8) is 0 Å². The van der Waals surface area contributed by atoms with Crippen LogP contribution in [0.15, 0.2) is 78.9 Å². The third-order valence-corrected chi connectivity index (χ3v) is 4.60. The minimum atomic E-state index is -0.878. The van der Waals surface area contributed by atoms with E-state index in [4.69, 9.17) is 4.74 Å². The van der Waals surface area contributed by atoms with E-state index in [1.165, 1.54) is 0 Å². The fourth-order valence-electron chi connectivity index (χ4n) is 3.08. The molecule has 0 aliphatic rings. The first-order valence-electron chi connectivity index (χ1n) is 10.9. The van der Waals surface area contributed by atoms with Gasteiger partial charge in [0, 0.05) is 5.69 Å². The molecule has 0 heterocycles. The molecule has 0 saturated carbocycles. The third kappa shape index (κ3) is 6.98. The lowest BCUT2D eigenvalue weighted by molar-refractivity contribution is -0.118. The minimum Gasteiger partial charge on any atom is -0.447 e. The molecule has 1 atom stereocenters. The number of alkyl carbamates (subject to hydrolysis) is 1. The van der Waals surface area contributed by atoms with Gasteiger partial charge in [-0.25, -0.2) is 4.79 Å². The maximum atomic E-state index is 13.2. The van der Waals surface area contributed by atoms with Crippen molar-refractivity contribution >= 4 is 17.7 Å². The van der Waals surface area contributed by atoms with Crippen molar-refractivity contribution in [1.29, 1.82) is 0 Å². The summed E-state index contributed by atoms with van der Waals surface area (Å²) >= 11 is 0. The summed E-state index contributed by atoms with van der Waals surface area (Å²) in [6, 6.07) is 24.1. The summed E-state index contributed by atoms with van der Waals surface area (Å²) in [4.78, 5) is 25.3. The van der Waals surface area contributed by atoms with Crippen LogP contribution in [-0.2, 0) is 9.53 Å². The van der Waals surface area contributed by atoms with Gasteiger partial charge in [-0.3, -0.25) is 4.79 Å². The number of amides is 2. The number of aryl methyl sites for hydroxylation is 1. The summed E-state index contributed by atoms with van der Waals surface area (Å²) in [6.45, 7) is 9.45. The van der Waals surface area contributed by atoms with Gasteiger partial charge in [0.2, 0.25) is 0 Å². The number of anilines is 1. The largest absolute Gasteiger partial charge is 0.447 e. The Morgan fingerprint density at radius 3 is 2.00 bits per heavy atom. The Morgan fingerprint density at radius 1 is 0.812 bits per heavy atom. The van der Waals surface area contributed by atoms with Crippen molar-refractivity contribution in [3.05, 3.63) is 90.0 Å². The summed E-state index contributed by atoms with van der Waals surface area (Å²) < 4.78 is 5.17. The zero-order valence-electron chi connectivity index (χ0n) is 19.4. The van der Waals surface area contributed by atoms with Crippen molar-refractivity contribution in [2.75, 3.05) is 5.32 Å². The lowest BCUT2D eigenvalue weighted by atomic mass is 10.0. The van der Waals surface area contributed by atoms with Gasteiger partial charge in [-0.15, -0.1) is 0 Å². The van der Waals surface area contributed by atoms with Crippen LogP contribution < -0.4 is 10.6 Å². The van der Waals surface area contributed by atoms with E-state index in [1.807, 2.05) is 87.5 Å². The highest BCUT2D eigenvalue weighted by atomic mass is 16.6. The van der Waals surface area contributed by atoms with Crippen molar-refractivity contribution in [2.24, 2.45) is 0 Å². The van der Waals surface area contributed by atoms with E-state index in [0.29, 0.717) is 11.3 Å². The molecule has 0 bridgehead atoms. The number of hydrogen-bond donors (Lipinski definition) is 2. The van der Waals surface area contributed by atoms with Gasteiger partial charge in [-0.1, -0.05) is 86.6 Å². The Bertz CT molecular complexity index is 1000. The van der Waals surface area contributed by atoms with Gasteiger partial charge in [0.15, 0.2) is 0 Å². The molecule has 5 heteroatoms. The predicted molar refractivity (Wildman–Crippen MR) is 131 cm³/mol. The molecular formula is C27H32N2O3. The molecule has 1 unspecified atom stereocenters. The summed E-state index contributed by atoms with van der Waals surface area (Å²) in [5, 5.41) is 5.65. The van der Waals surface area contributed by atoms with Crippen LogP contribution >= 0.6 is 0 Å². The molecule has 2 amide bonds. The molecule has 5 nitrogen and oxygen atoms in total. The average Bonchev–Trinajstić information content (AvgIpc) is 2.81. The molecule has 0 saturated heterocycles. The molecule has 0 spiro atoms. The van der Waals surface area contributed by atoms with Crippen molar-refractivity contribution in [1.82, 2.24) is 5.32 Å². The standard InChI is InChI=1S/C25H26N2O3.C2H6/c1-17(2)30-25(29)27-23(20-12-8-5-9-13-20)24(28)26-22-16-21(15-14-18(22)3)19-10-6-4-7-11-19;1-2/h4-17,23H,1-3H3,(H,26,28)(H,27,29);1-2H3. The lowest BCUT2D eigenvalue weighted by Crippen LogP contribution is -2.38. The third-order valence-electron chi connectivity index (χ3n) is 4.60. The van der Waals surface area contributed by atoms with Gasteiger partial charge in [0.25, 0.3) is 5.91 Å². The minimum absolute atomic E-state index is 0.283. The molecule has 0 aromatic heterocycles. The van der Waals surface area contributed by atoms with E-state index in [1.54, 1.807) is 26.0 Å². The van der Waals surface area contributed by atoms with Crippen LogP contribution in [0.2, 0.25) is 0 Å². The van der Waals surface area contributed by atoms with Crippen LogP contribution in [0.3, 0.4) is 0 Å². The van der Waals surface area contributed by atoms with E-state index >= 15 is 0 Å². The van der Waals surface area contributed by atoms with Crippen LogP contribution in [0.25, 0.3) is 11.1 Å². The highest BCUT2D eigenvalue weighted by Crippen LogP contribution is 2.26. The first kappa shape index (κ1) is 24.7. The second-order valence-corrected chi connectivity index (χ2v) is 7.33. The van der Waals surface area contributed by atoms with Gasteiger partial charge >= 0.3 is 6.09 Å². The van der Waals surface area contributed by atoms with E-state index < -0.39 is 12.1 Å². The highest BCUT2D eigenvalue weighted by Gasteiger charge is 2.24. The normalized spacial score (nSPS) is 11.1. The second-order valence-electron chi connectivity index (χ2n) is 7.33. The molecule has 2 N–H and O–H groups in total. The van der Waals surface area contributed by atoms with E-state index in [0.717, 1.165) is 16.7 Å². The van der Waals surface area contributed by atoms with Gasteiger partial charge in [-0.2, -0.15) is 0 Å². The Kier molecular flexibility index (Phi) is 9.48. The first-order chi connectivity index (χ1) is 15.4. The smallest absolute Gasteiger partial charge is 0.408 e. The van der Waals surface area contributed by atoms with Gasteiger partial charge in [0.05, 0.1) is 6.10 Å². The van der Waals surface area contributed by atoms with Crippen LogP contribution in [0.4, 0.5) is 10.5 Å². The number of ether oxygens (including phenoxy) is 1. The molecule has 3 aromatic carbocycles. The number of rotatable bonds is 6. The first-order valence-corrected chi connectivity index (χ1v) is 10.9. The predicted octanol–water partition coefficient (Wildman–Crippen LogP) is 6.50. The van der Waals surface area contributed by atoms with E-state index in [2.05, 4.69) is 10.6 Å². The molecule has 168 valence electrons. The summed E-state index contributed by atoms with van der Waals surface area (Å²) in [5.41, 5.74) is 4.36. The van der Waals surface area contributed by atoms with Gasteiger partial charge in [0.1, 0.15) is 6.04 Å². The highest BCUT2D eigenvalue weighted by molar-refractivity contribution is 5.98. The molecule has 3 aromatic rings. The Labute approximate surface area is 190 Å². The number of carbonyl (C=O) groups excluding carboxylic acids is 2. The molecule has 3 rings (SSSR count). The van der Waals surface area contributed by atoms with Gasteiger partial charge in [-0.05, 0) is 49.1 Å². The lowest BCUT2D eigenvalue weighted by Gasteiger charge is -2.20. The zero-order chi connectivity index (χ0) is 23.5. The maximum Gasteiger partial charge on any atom is 0.408 e. The van der Waals surface area contributed by atoms with Crippen molar-refractivity contribution in [3.8, 4) is 11.1 Å². The van der Waals surface area contributed by atoms with Crippen LogP contribution in [0, 0.1) is 6.92 Å². The average molecular weight is 433 g/mol. The maximum absolute atomic E-state index is 13.2. The topological polar surface area (TPSA) is 67.4 Å². The molecular weight excluding hydrogens is 400 g/mol. The van der Waals surface area contributed by atoms with Crippen LogP contribution in [0.5, 0.6) is 0 Å². The SMILES string of the molecule is CC.Cc1ccc(-c2ccccc2)cc1NC(=O)C(NC(=O)OC(C)C)c1ccccc1. The van der Waals surface area contributed by atoms with Crippen LogP contribution in [0.1, 0.15) is 44.9 Å². The van der Waals surface area contributed by atoms with Gasteiger partial charge < -0.3 is 15.4 Å². The van der Waals surface area contributed by atoms with Crippen LogP contribution in [-0.4, -0.2) is 18.1 Å². The van der Waals surface area contributed by atoms with Crippen molar-refractivity contribution < 1.29 is 14.3 Å². The quantitative estimate of drug-likeness (QED) is 0.467. The fraction of sp³-hybridized carbons (Fsp3) is 0.259. The Morgan fingerprint density at radius 2 is 1.41 bits per heavy atom. The van der Waals surface area contributed by atoms with E-state index in [-0.39, 0.29) is 12.0 Å². The summed E-state index contributed by atoms with van der Waals surface area (Å²) in [7, 11) is 0. The Balaban J connectivity index is 0.00000176. The number of hydrogen-bond acceptors (Lipinski definition) is 3. The molecule has 0 radical (unpaired) electrons. The Hall–Kier alpha value is -3.60. The molecule has 0 aliphatic heterocycles. The van der Waals surface area contributed by atoms with E-state index in [9.17, 15) is 9.59 Å². The fourth-order valence-corrected chi connectivity index (χ4v) is 3.08.